The van der Waals surface area contributed by atoms with Crippen LogP contribution in [0.15, 0.2) is 24.3 Å². The number of ether oxygens (including phenoxy) is 1. The highest BCUT2D eigenvalue weighted by Gasteiger charge is 2.31. The van der Waals surface area contributed by atoms with Crippen molar-refractivity contribution in [2.75, 3.05) is 6.54 Å². The van der Waals surface area contributed by atoms with Crippen molar-refractivity contribution in [2.24, 2.45) is 0 Å². The lowest BCUT2D eigenvalue weighted by Gasteiger charge is -2.36. The molecule has 6 nitrogen and oxygen atoms in total. The van der Waals surface area contributed by atoms with Crippen LogP contribution < -0.4 is 0 Å². The second-order valence-corrected chi connectivity index (χ2v) is 6.25. The number of rotatable bonds is 4. The fraction of sp³-hybridized carbons (Fsp3) is 0.500. The molecule has 6 heteroatoms. The third-order valence-corrected chi connectivity index (χ3v) is 4.68. The number of likely N-dealkylation sites (tertiary alicyclic amines) is 1. The molecule has 1 amide bonds. The summed E-state index contributed by atoms with van der Waals surface area (Å²) in [7, 11) is 0. The Labute approximate surface area is 141 Å². The molecule has 2 heterocycles. The SMILES string of the molecule is CC[C@@H]1CCCCN1C(=O)[C@H](C)OC(=O)c1n[nH]c2ccccc12. The van der Waals surface area contributed by atoms with Gasteiger partial charge in [0.2, 0.25) is 0 Å². The molecule has 0 saturated carbocycles. The summed E-state index contributed by atoms with van der Waals surface area (Å²) in [5, 5.41) is 7.53. The fourth-order valence-electron chi connectivity index (χ4n) is 3.33. The van der Waals surface area contributed by atoms with Gasteiger partial charge in [0.15, 0.2) is 11.8 Å². The molecule has 1 aliphatic heterocycles. The molecule has 1 aromatic heterocycles. The van der Waals surface area contributed by atoms with Crippen molar-refractivity contribution in [2.45, 2.75) is 51.7 Å². The third kappa shape index (κ3) is 3.13. The van der Waals surface area contributed by atoms with E-state index in [1.54, 1.807) is 13.0 Å². The predicted octanol–water partition coefficient (Wildman–Crippen LogP) is 2.90. The number of benzene rings is 1. The van der Waals surface area contributed by atoms with E-state index in [1.807, 2.05) is 23.1 Å². The summed E-state index contributed by atoms with van der Waals surface area (Å²) in [4.78, 5) is 26.9. The van der Waals surface area contributed by atoms with Gasteiger partial charge in [-0.2, -0.15) is 5.10 Å². The van der Waals surface area contributed by atoms with Crippen molar-refractivity contribution in [3.05, 3.63) is 30.0 Å². The van der Waals surface area contributed by atoms with Crippen LogP contribution in [0.4, 0.5) is 0 Å². The summed E-state index contributed by atoms with van der Waals surface area (Å²) < 4.78 is 5.40. The van der Waals surface area contributed by atoms with Crippen LogP contribution in [0.3, 0.4) is 0 Å². The first-order chi connectivity index (χ1) is 11.6. The van der Waals surface area contributed by atoms with Crippen LogP contribution in [0, 0.1) is 0 Å². The number of carbonyl (C=O) groups excluding carboxylic acids is 2. The quantitative estimate of drug-likeness (QED) is 0.875. The predicted molar refractivity (Wildman–Crippen MR) is 90.6 cm³/mol. The van der Waals surface area contributed by atoms with Crippen LogP contribution in [0.5, 0.6) is 0 Å². The van der Waals surface area contributed by atoms with E-state index >= 15 is 0 Å². The van der Waals surface area contributed by atoms with Crippen LogP contribution in [0.2, 0.25) is 0 Å². The molecule has 128 valence electrons. The third-order valence-electron chi connectivity index (χ3n) is 4.68. The van der Waals surface area contributed by atoms with Crippen molar-refractivity contribution in [3.63, 3.8) is 0 Å². The molecule has 0 aliphatic carbocycles. The van der Waals surface area contributed by atoms with Gasteiger partial charge in [-0.05, 0) is 38.7 Å². The van der Waals surface area contributed by atoms with Gasteiger partial charge >= 0.3 is 5.97 Å². The normalized spacial score (nSPS) is 19.2. The summed E-state index contributed by atoms with van der Waals surface area (Å²) in [5.74, 6) is -0.687. The van der Waals surface area contributed by atoms with E-state index in [0.29, 0.717) is 5.39 Å². The van der Waals surface area contributed by atoms with Gasteiger partial charge in [0.1, 0.15) is 0 Å². The number of aromatic amines is 1. The maximum Gasteiger partial charge on any atom is 0.360 e. The van der Waals surface area contributed by atoms with Crippen molar-refractivity contribution in [3.8, 4) is 0 Å². The monoisotopic (exact) mass is 329 g/mol. The molecular weight excluding hydrogens is 306 g/mol. The zero-order chi connectivity index (χ0) is 17.1. The molecule has 0 bridgehead atoms. The molecule has 0 radical (unpaired) electrons. The number of hydrogen-bond donors (Lipinski definition) is 1. The van der Waals surface area contributed by atoms with E-state index in [9.17, 15) is 9.59 Å². The number of amides is 1. The van der Waals surface area contributed by atoms with Gasteiger partial charge < -0.3 is 9.64 Å². The standard InChI is InChI=1S/C18H23N3O3/c1-3-13-8-6-7-11-21(13)17(22)12(2)24-18(23)16-14-9-4-5-10-15(14)19-20-16/h4-5,9-10,12-13H,3,6-8,11H2,1-2H3,(H,19,20)/t12-,13+/m0/s1. The smallest absolute Gasteiger partial charge is 0.360 e. The summed E-state index contributed by atoms with van der Waals surface area (Å²) in [6.07, 6.45) is 3.30. The number of hydrogen-bond acceptors (Lipinski definition) is 4. The second-order valence-electron chi connectivity index (χ2n) is 6.25. The largest absolute Gasteiger partial charge is 0.448 e. The minimum absolute atomic E-state index is 0.116. The number of H-pyrrole nitrogens is 1. The zero-order valence-corrected chi connectivity index (χ0v) is 14.1. The van der Waals surface area contributed by atoms with Crippen molar-refractivity contribution >= 4 is 22.8 Å². The van der Waals surface area contributed by atoms with Crippen LogP contribution in [-0.2, 0) is 9.53 Å². The molecule has 0 unspecified atom stereocenters. The highest BCUT2D eigenvalue weighted by atomic mass is 16.5. The van der Waals surface area contributed by atoms with Gasteiger partial charge in [-0.15, -0.1) is 0 Å². The Hall–Kier alpha value is -2.37. The van der Waals surface area contributed by atoms with Crippen LogP contribution in [0.1, 0.15) is 50.0 Å². The number of piperidine rings is 1. The molecule has 2 atom stereocenters. The molecule has 1 aromatic carbocycles. The van der Waals surface area contributed by atoms with Gasteiger partial charge in [0.25, 0.3) is 5.91 Å². The lowest BCUT2D eigenvalue weighted by molar-refractivity contribution is -0.143. The Balaban J connectivity index is 1.70. The molecule has 1 saturated heterocycles. The van der Waals surface area contributed by atoms with Crippen molar-refractivity contribution in [1.29, 1.82) is 0 Å². The van der Waals surface area contributed by atoms with E-state index in [2.05, 4.69) is 17.1 Å². The Morgan fingerprint density at radius 3 is 2.96 bits per heavy atom. The maximum absolute atomic E-state index is 12.7. The van der Waals surface area contributed by atoms with E-state index in [-0.39, 0.29) is 17.6 Å². The lowest BCUT2D eigenvalue weighted by atomic mass is 9.99. The number of esters is 1. The van der Waals surface area contributed by atoms with E-state index in [0.717, 1.165) is 37.7 Å². The summed E-state index contributed by atoms with van der Waals surface area (Å²) in [6.45, 7) is 4.46. The second kappa shape index (κ2) is 7.03. The van der Waals surface area contributed by atoms with Gasteiger partial charge in [0, 0.05) is 18.0 Å². The molecule has 3 rings (SSSR count). The first-order valence-electron chi connectivity index (χ1n) is 8.56. The minimum Gasteiger partial charge on any atom is -0.448 e. The average molecular weight is 329 g/mol. The van der Waals surface area contributed by atoms with Crippen molar-refractivity contribution in [1.82, 2.24) is 15.1 Å². The van der Waals surface area contributed by atoms with E-state index in [4.69, 9.17) is 4.74 Å². The molecule has 1 fully saturated rings. The summed E-state index contributed by atoms with van der Waals surface area (Å²) >= 11 is 0. The van der Waals surface area contributed by atoms with Crippen LogP contribution >= 0.6 is 0 Å². The fourth-order valence-corrected chi connectivity index (χ4v) is 3.33. The maximum atomic E-state index is 12.7. The molecule has 1 N–H and O–H groups in total. The lowest BCUT2D eigenvalue weighted by Crippen LogP contribution is -2.48. The summed E-state index contributed by atoms with van der Waals surface area (Å²) in [5.41, 5.74) is 0.987. The molecule has 24 heavy (non-hydrogen) atoms. The number of para-hydroxylation sites is 1. The zero-order valence-electron chi connectivity index (χ0n) is 14.1. The number of nitrogens with zero attached hydrogens (tertiary/aromatic N) is 2. The minimum atomic E-state index is -0.805. The topological polar surface area (TPSA) is 75.3 Å². The van der Waals surface area contributed by atoms with Gasteiger partial charge in [0.05, 0.1) is 5.52 Å². The first-order valence-corrected chi connectivity index (χ1v) is 8.56. The Bertz CT molecular complexity index is 740. The Morgan fingerprint density at radius 1 is 1.38 bits per heavy atom. The van der Waals surface area contributed by atoms with Gasteiger partial charge in [-0.1, -0.05) is 25.1 Å². The highest BCUT2D eigenvalue weighted by molar-refractivity contribution is 6.02. The number of nitrogens with one attached hydrogen (secondary N) is 1. The van der Waals surface area contributed by atoms with Crippen molar-refractivity contribution < 1.29 is 14.3 Å². The molecular formula is C18H23N3O3. The van der Waals surface area contributed by atoms with Gasteiger partial charge in [-0.25, -0.2) is 4.79 Å². The Morgan fingerprint density at radius 2 is 2.17 bits per heavy atom. The van der Waals surface area contributed by atoms with E-state index < -0.39 is 12.1 Å². The number of carbonyl (C=O) groups is 2. The molecule has 0 spiro atoms. The highest BCUT2D eigenvalue weighted by Crippen LogP contribution is 2.22. The van der Waals surface area contributed by atoms with Gasteiger partial charge in [-0.3, -0.25) is 9.89 Å². The molecule has 2 aromatic rings. The number of fused-ring (bicyclic) bond motifs is 1. The average Bonchev–Trinajstić information content (AvgIpc) is 3.05. The molecule has 1 aliphatic rings. The number of aromatic nitrogens is 2. The van der Waals surface area contributed by atoms with E-state index in [1.165, 1.54) is 0 Å². The van der Waals surface area contributed by atoms with Crippen LogP contribution in [-0.4, -0.2) is 45.7 Å². The first kappa shape index (κ1) is 16.5. The van der Waals surface area contributed by atoms with Crippen LogP contribution in [0.25, 0.3) is 10.9 Å². The summed E-state index contributed by atoms with van der Waals surface area (Å²) in [6, 6.07) is 7.59. The Kier molecular flexibility index (Phi) is 4.83.